The van der Waals surface area contributed by atoms with E-state index in [-0.39, 0.29) is 15.9 Å². The molecule has 0 bridgehead atoms. The number of hydrogen-bond acceptors (Lipinski definition) is 3. The molecule has 0 radical (unpaired) electrons. The number of hydrogen-bond donors (Lipinski definition) is 0. The van der Waals surface area contributed by atoms with E-state index in [1.54, 1.807) is 0 Å². The Kier molecular flexibility index (Phi) is 13.4. The second-order valence-corrected chi connectivity index (χ2v) is 14.0. The van der Waals surface area contributed by atoms with Crippen LogP contribution in [0, 0.1) is 6.67 Å². The van der Waals surface area contributed by atoms with E-state index in [9.17, 15) is 0 Å². The molecule has 5 rings (SSSR count). The SMILES string of the molecule is CC(C)c1cccc(C(C)C)c1N1C=CN(c2c(C(C)C)cccc2C(C)C)[CH-]1.[Cl][Pd][Cl].c1ccc2ncccc2c1. The summed E-state index contributed by atoms with van der Waals surface area (Å²) in [5, 5.41) is 1.20. The molecule has 0 aliphatic carbocycles. The van der Waals surface area contributed by atoms with Crippen molar-refractivity contribution in [1.82, 2.24) is 4.98 Å². The number of aromatic nitrogens is 1. The van der Waals surface area contributed by atoms with Crippen molar-refractivity contribution < 1.29 is 15.9 Å². The molecular weight excluding hydrogens is 652 g/mol. The van der Waals surface area contributed by atoms with E-state index in [1.807, 2.05) is 30.5 Å². The molecule has 0 saturated carbocycles. The normalized spacial score (nSPS) is 12.8. The van der Waals surface area contributed by atoms with Gasteiger partial charge in [-0.2, -0.15) is 0 Å². The van der Waals surface area contributed by atoms with Gasteiger partial charge in [0.05, 0.1) is 5.52 Å². The number of anilines is 2. The predicted octanol–water partition coefficient (Wildman–Crippen LogP) is 11.7. The summed E-state index contributed by atoms with van der Waals surface area (Å²) in [6.07, 6.45) is 6.24. The molecule has 42 heavy (non-hydrogen) atoms. The zero-order chi connectivity index (χ0) is 30.8. The number of halogens is 2. The van der Waals surface area contributed by atoms with Crippen LogP contribution in [0.25, 0.3) is 10.9 Å². The summed E-state index contributed by atoms with van der Waals surface area (Å²) in [6, 6.07) is 25.6. The molecule has 0 unspecified atom stereocenters. The van der Waals surface area contributed by atoms with Crippen LogP contribution >= 0.6 is 19.1 Å². The largest absolute Gasteiger partial charge is 0.256 e. The fourth-order valence-corrected chi connectivity index (χ4v) is 5.26. The van der Waals surface area contributed by atoms with Gasteiger partial charge in [0.25, 0.3) is 0 Å². The first-order valence-corrected chi connectivity index (χ1v) is 18.6. The van der Waals surface area contributed by atoms with Crippen LogP contribution in [0.2, 0.25) is 0 Å². The summed E-state index contributed by atoms with van der Waals surface area (Å²) in [4.78, 5) is 8.83. The van der Waals surface area contributed by atoms with E-state index in [0.717, 1.165) is 5.52 Å². The van der Waals surface area contributed by atoms with Gasteiger partial charge >= 0.3 is 35.0 Å². The first-order valence-electron chi connectivity index (χ1n) is 14.6. The maximum absolute atomic E-state index is 4.81. The minimum absolute atomic E-state index is 0.106. The second-order valence-electron chi connectivity index (χ2n) is 11.7. The molecule has 3 aromatic carbocycles. The molecule has 1 aliphatic rings. The Balaban J connectivity index is 0.000000306. The molecule has 0 saturated heterocycles. The van der Waals surface area contributed by atoms with Crippen molar-refractivity contribution in [3.8, 4) is 0 Å². The van der Waals surface area contributed by atoms with Crippen LogP contribution in [0.5, 0.6) is 0 Å². The van der Waals surface area contributed by atoms with Crippen molar-refractivity contribution in [1.29, 1.82) is 0 Å². The van der Waals surface area contributed by atoms with Gasteiger partial charge in [-0.15, -0.1) is 6.67 Å². The molecule has 0 fully saturated rings. The minimum atomic E-state index is -0.106. The number of pyridine rings is 1. The molecule has 0 N–H and O–H groups in total. The zero-order valence-electron chi connectivity index (χ0n) is 26.0. The van der Waals surface area contributed by atoms with Gasteiger partial charge < -0.3 is 9.80 Å². The topological polar surface area (TPSA) is 19.4 Å². The first kappa shape index (κ1) is 34.1. The maximum Gasteiger partial charge on any atom is 0.0701 e. The molecule has 1 aliphatic heterocycles. The van der Waals surface area contributed by atoms with Crippen LogP contribution in [0.4, 0.5) is 11.4 Å². The third-order valence-electron chi connectivity index (χ3n) is 7.35. The molecule has 1 aromatic heterocycles. The van der Waals surface area contributed by atoms with E-state index in [4.69, 9.17) is 19.1 Å². The number of para-hydroxylation sites is 3. The van der Waals surface area contributed by atoms with Gasteiger partial charge in [0.2, 0.25) is 0 Å². The first-order chi connectivity index (χ1) is 20.1. The van der Waals surface area contributed by atoms with Gasteiger partial charge in [-0.1, -0.05) is 116 Å². The Morgan fingerprint density at radius 2 is 0.952 bits per heavy atom. The molecular formula is C36H44Cl2N3Pd-. The van der Waals surface area contributed by atoms with Gasteiger partial charge in [-0.25, -0.2) is 0 Å². The molecule has 4 aromatic rings. The third-order valence-corrected chi connectivity index (χ3v) is 7.35. The molecule has 0 atom stereocenters. The smallest absolute Gasteiger partial charge is 0.0701 e. The van der Waals surface area contributed by atoms with Gasteiger partial charge in [0, 0.05) is 23.0 Å². The van der Waals surface area contributed by atoms with Crippen LogP contribution in [0.15, 0.2) is 91.4 Å². The quantitative estimate of drug-likeness (QED) is 0.148. The Labute approximate surface area is 270 Å². The Morgan fingerprint density at radius 1 is 0.571 bits per heavy atom. The monoisotopic (exact) mass is 694 g/mol. The zero-order valence-corrected chi connectivity index (χ0v) is 29.0. The summed E-state index contributed by atoms with van der Waals surface area (Å²) in [6.45, 7) is 20.5. The number of rotatable bonds is 6. The maximum atomic E-state index is 4.81. The average Bonchev–Trinajstić information content (AvgIpc) is 3.47. The number of benzene rings is 3. The van der Waals surface area contributed by atoms with Crippen LogP contribution in [0.3, 0.4) is 0 Å². The van der Waals surface area contributed by atoms with E-state index < -0.39 is 0 Å². The summed E-state index contributed by atoms with van der Waals surface area (Å²) in [5.41, 5.74) is 9.35. The molecule has 6 heteroatoms. The van der Waals surface area contributed by atoms with Crippen molar-refractivity contribution in [2.75, 3.05) is 9.80 Å². The summed E-state index contributed by atoms with van der Waals surface area (Å²) in [7, 11) is 9.63. The Hall–Kier alpha value is -2.35. The Morgan fingerprint density at radius 3 is 1.33 bits per heavy atom. The van der Waals surface area contributed by atoms with Gasteiger partial charge in [-0.05, 0) is 70.5 Å². The van der Waals surface area contributed by atoms with Crippen molar-refractivity contribution in [3.05, 3.63) is 120 Å². The molecule has 228 valence electrons. The number of fused-ring (bicyclic) bond motifs is 1. The van der Waals surface area contributed by atoms with Crippen molar-refractivity contribution in [3.63, 3.8) is 0 Å². The van der Waals surface area contributed by atoms with Gasteiger partial charge in [0.1, 0.15) is 0 Å². The molecule has 3 nitrogen and oxygen atoms in total. The summed E-state index contributed by atoms with van der Waals surface area (Å²) < 4.78 is 0. The van der Waals surface area contributed by atoms with E-state index in [0.29, 0.717) is 23.7 Å². The van der Waals surface area contributed by atoms with Crippen molar-refractivity contribution >= 4 is 41.3 Å². The van der Waals surface area contributed by atoms with E-state index >= 15 is 0 Å². The summed E-state index contributed by atoms with van der Waals surface area (Å²) >= 11 is -0.106. The van der Waals surface area contributed by atoms with Crippen molar-refractivity contribution in [2.45, 2.75) is 79.1 Å². The predicted molar refractivity (Wildman–Crippen MR) is 181 cm³/mol. The van der Waals surface area contributed by atoms with Crippen LogP contribution < -0.4 is 9.80 Å². The molecule has 0 spiro atoms. The van der Waals surface area contributed by atoms with Crippen molar-refractivity contribution in [2.24, 2.45) is 0 Å². The van der Waals surface area contributed by atoms with E-state index in [1.165, 1.54) is 39.0 Å². The standard InChI is InChI=1S/C27H37N2.C9H7N.2ClH.Pd/c1-18(2)22-11-9-12-23(19(3)4)26(22)28-15-16-29(17-28)27-24(20(5)6)13-10-14-25(27)21(7)8;1-2-6-9-8(4-1)5-3-7-10-9;;;/h9-21H,1-8H3;1-7H;2*1H;/q-1;;;;+2/p-2. The fourth-order valence-electron chi connectivity index (χ4n) is 5.26. The summed E-state index contributed by atoms with van der Waals surface area (Å²) in [5.74, 6) is 1.92. The Bertz CT molecular complexity index is 1260. The van der Waals surface area contributed by atoms with Crippen LogP contribution in [-0.4, -0.2) is 4.98 Å². The molecule has 0 amide bonds. The minimum Gasteiger partial charge on any atom is -0.256 e. The second kappa shape index (κ2) is 16.5. The van der Waals surface area contributed by atoms with Crippen LogP contribution in [0.1, 0.15) is 101 Å². The third kappa shape index (κ3) is 8.61. The van der Waals surface area contributed by atoms with Gasteiger partial charge in [0.15, 0.2) is 0 Å². The average molecular weight is 696 g/mol. The number of nitrogens with zero attached hydrogens (tertiary/aromatic N) is 3. The molecule has 2 heterocycles. The van der Waals surface area contributed by atoms with E-state index in [2.05, 4.69) is 138 Å². The fraction of sp³-hybridized carbons (Fsp3) is 0.333. The van der Waals surface area contributed by atoms with Gasteiger partial charge in [-0.3, -0.25) is 4.98 Å². The van der Waals surface area contributed by atoms with Crippen LogP contribution in [-0.2, 0) is 15.9 Å².